The molecule has 2 aromatic rings. The summed E-state index contributed by atoms with van der Waals surface area (Å²) in [5.41, 5.74) is 4.68. The van der Waals surface area contributed by atoms with Crippen molar-refractivity contribution >= 4 is 27.7 Å². The number of benzene rings is 2. The molecule has 0 aliphatic heterocycles. The molecule has 0 aliphatic carbocycles. The Labute approximate surface area is 172 Å². The van der Waals surface area contributed by atoms with Crippen LogP contribution in [0.4, 0.5) is 0 Å². The fourth-order valence-electron chi connectivity index (χ4n) is 2.15. The van der Waals surface area contributed by atoms with E-state index in [0.29, 0.717) is 18.1 Å². The number of nitrogens with one attached hydrogen (secondary N) is 2. The van der Waals surface area contributed by atoms with E-state index in [1.54, 1.807) is 49.4 Å². The van der Waals surface area contributed by atoms with Crippen molar-refractivity contribution < 1.29 is 23.8 Å². The molecule has 0 spiro atoms. The Hall–Kier alpha value is -2.74. The molecule has 0 saturated heterocycles. The molecule has 0 radical (unpaired) electrons. The number of halogens is 1. The molecule has 7 nitrogen and oxygen atoms in total. The van der Waals surface area contributed by atoms with Gasteiger partial charge in [0.05, 0.1) is 19.6 Å². The second-order valence-corrected chi connectivity index (χ2v) is 6.67. The lowest BCUT2D eigenvalue weighted by atomic mass is 10.3. The summed E-state index contributed by atoms with van der Waals surface area (Å²) in [7, 11) is 0. The van der Waals surface area contributed by atoms with Crippen molar-refractivity contribution in [2.75, 3.05) is 13.2 Å². The summed E-state index contributed by atoms with van der Waals surface area (Å²) in [6.07, 6.45) is -0.677. The van der Waals surface area contributed by atoms with Gasteiger partial charge < -0.3 is 14.2 Å². The van der Waals surface area contributed by atoms with Gasteiger partial charge in [-0.15, -0.1) is 0 Å². The van der Waals surface area contributed by atoms with Gasteiger partial charge in [-0.3, -0.25) is 20.4 Å². The zero-order valence-corrected chi connectivity index (χ0v) is 17.3. The van der Waals surface area contributed by atoms with Crippen LogP contribution in [-0.2, 0) is 9.59 Å². The van der Waals surface area contributed by atoms with Crippen molar-refractivity contribution in [1.82, 2.24) is 10.9 Å². The first-order valence-corrected chi connectivity index (χ1v) is 9.64. The Balaban J connectivity index is 1.66. The number of hydrazine groups is 1. The monoisotopic (exact) mass is 450 g/mol. The average Bonchev–Trinajstić information content (AvgIpc) is 2.67. The lowest BCUT2D eigenvalue weighted by Crippen LogP contribution is -2.47. The predicted octanol–water partition coefficient (Wildman–Crippen LogP) is 3.23. The lowest BCUT2D eigenvalue weighted by Gasteiger charge is -2.15. The minimum Gasteiger partial charge on any atom is -0.494 e. The van der Waals surface area contributed by atoms with Crippen LogP contribution in [0, 0.1) is 0 Å². The van der Waals surface area contributed by atoms with Crippen LogP contribution in [0.1, 0.15) is 20.3 Å². The third kappa shape index (κ3) is 7.48. The maximum absolute atomic E-state index is 12.0. The van der Waals surface area contributed by atoms with Gasteiger partial charge in [-0.25, -0.2) is 0 Å². The third-order valence-electron chi connectivity index (χ3n) is 3.54. The van der Waals surface area contributed by atoms with Crippen LogP contribution in [0.15, 0.2) is 53.0 Å². The summed E-state index contributed by atoms with van der Waals surface area (Å²) in [5.74, 6) is 1.12. The van der Waals surface area contributed by atoms with Crippen molar-refractivity contribution in [1.29, 1.82) is 0 Å². The first-order chi connectivity index (χ1) is 13.5. The first kappa shape index (κ1) is 21.6. The lowest BCUT2D eigenvalue weighted by molar-refractivity contribution is -0.132. The van der Waals surface area contributed by atoms with E-state index in [9.17, 15) is 9.59 Å². The minimum absolute atomic E-state index is 0.0916. The summed E-state index contributed by atoms with van der Waals surface area (Å²) in [6, 6.07) is 14.3. The van der Waals surface area contributed by atoms with Gasteiger partial charge in [-0.05, 0) is 56.3 Å². The molecule has 150 valence electrons. The molecule has 2 amide bonds. The molecule has 8 heteroatoms. The zero-order valence-electron chi connectivity index (χ0n) is 15.7. The Bertz CT molecular complexity index is 782. The average molecular weight is 451 g/mol. The van der Waals surface area contributed by atoms with Crippen LogP contribution in [0.5, 0.6) is 17.2 Å². The molecule has 28 heavy (non-hydrogen) atoms. The summed E-state index contributed by atoms with van der Waals surface area (Å²) in [4.78, 5) is 23.8. The van der Waals surface area contributed by atoms with E-state index < -0.39 is 12.0 Å². The molecule has 0 saturated carbocycles. The van der Waals surface area contributed by atoms with Crippen LogP contribution >= 0.6 is 15.9 Å². The SMILES string of the molecule is CCOc1ccc(OCCC(=O)NNC(=O)C(C)Oc2cccc(Br)c2)cc1. The maximum atomic E-state index is 12.0. The van der Waals surface area contributed by atoms with Crippen molar-refractivity contribution in [2.24, 2.45) is 0 Å². The number of amides is 2. The molecule has 0 aliphatic rings. The third-order valence-corrected chi connectivity index (χ3v) is 4.03. The van der Waals surface area contributed by atoms with E-state index in [1.807, 2.05) is 13.0 Å². The van der Waals surface area contributed by atoms with E-state index >= 15 is 0 Å². The summed E-state index contributed by atoms with van der Waals surface area (Å²) < 4.78 is 17.2. The number of rotatable bonds is 9. The highest BCUT2D eigenvalue weighted by Crippen LogP contribution is 2.19. The number of carbonyl (C=O) groups is 2. The summed E-state index contributed by atoms with van der Waals surface area (Å²) in [6.45, 7) is 4.28. The van der Waals surface area contributed by atoms with E-state index in [-0.39, 0.29) is 18.9 Å². The highest BCUT2D eigenvalue weighted by molar-refractivity contribution is 9.10. The van der Waals surface area contributed by atoms with Crippen molar-refractivity contribution in [3.8, 4) is 17.2 Å². The number of carbonyl (C=O) groups excluding carboxylic acids is 2. The fourth-order valence-corrected chi connectivity index (χ4v) is 2.53. The molecule has 0 heterocycles. The van der Waals surface area contributed by atoms with Gasteiger partial charge in [0, 0.05) is 4.47 Å². The van der Waals surface area contributed by atoms with Gasteiger partial charge in [0.2, 0.25) is 5.91 Å². The second kappa shape index (κ2) is 11.2. The summed E-state index contributed by atoms with van der Waals surface area (Å²) >= 11 is 3.33. The molecule has 0 fully saturated rings. The molecule has 1 atom stereocenters. The van der Waals surface area contributed by atoms with Gasteiger partial charge in [-0.2, -0.15) is 0 Å². The normalized spacial score (nSPS) is 11.2. The molecular formula is C20H23BrN2O5. The van der Waals surface area contributed by atoms with E-state index in [0.717, 1.165) is 10.2 Å². The van der Waals surface area contributed by atoms with Gasteiger partial charge in [0.1, 0.15) is 17.2 Å². The van der Waals surface area contributed by atoms with Gasteiger partial charge in [0.25, 0.3) is 5.91 Å². The second-order valence-electron chi connectivity index (χ2n) is 5.76. The maximum Gasteiger partial charge on any atom is 0.279 e. The smallest absolute Gasteiger partial charge is 0.279 e. The van der Waals surface area contributed by atoms with Gasteiger partial charge >= 0.3 is 0 Å². The van der Waals surface area contributed by atoms with Crippen LogP contribution < -0.4 is 25.1 Å². The highest BCUT2D eigenvalue weighted by atomic mass is 79.9. The van der Waals surface area contributed by atoms with E-state index in [4.69, 9.17) is 14.2 Å². The van der Waals surface area contributed by atoms with E-state index in [1.165, 1.54) is 0 Å². The topological polar surface area (TPSA) is 85.9 Å². The Kier molecular flexibility index (Phi) is 8.61. The Morgan fingerprint density at radius 3 is 2.32 bits per heavy atom. The first-order valence-electron chi connectivity index (χ1n) is 8.84. The van der Waals surface area contributed by atoms with Crippen LogP contribution in [-0.4, -0.2) is 31.1 Å². The van der Waals surface area contributed by atoms with Gasteiger partial charge in [0.15, 0.2) is 6.10 Å². The molecular weight excluding hydrogens is 428 g/mol. The molecule has 2 N–H and O–H groups in total. The number of hydrogen-bond acceptors (Lipinski definition) is 5. The Morgan fingerprint density at radius 2 is 1.68 bits per heavy atom. The van der Waals surface area contributed by atoms with Gasteiger partial charge in [-0.1, -0.05) is 22.0 Å². The van der Waals surface area contributed by atoms with Crippen molar-refractivity contribution in [3.63, 3.8) is 0 Å². The molecule has 2 aromatic carbocycles. The number of ether oxygens (including phenoxy) is 3. The highest BCUT2D eigenvalue weighted by Gasteiger charge is 2.15. The minimum atomic E-state index is -0.769. The largest absolute Gasteiger partial charge is 0.494 e. The molecule has 2 rings (SSSR count). The van der Waals surface area contributed by atoms with Crippen molar-refractivity contribution in [2.45, 2.75) is 26.4 Å². The van der Waals surface area contributed by atoms with E-state index in [2.05, 4.69) is 26.8 Å². The van der Waals surface area contributed by atoms with Crippen molar-refractivity contribution in [3.05, 3.63) is 53.0 Å². The fraction of sp³-hybridized carbons (Fsp3) is 0.300. The quantitative estimate of drug-likeness (QED) is 0.572. The molecule has 0 bridgehead atoms. The Morgan fingerprint density at radius 1 is 1.00 bits per heavy atom. The molecule has 0 aromatic heterocycles. The molecule has 1 unspecified atom stereocenters. The zero-order chi connectivity index (χ0) is 20.4. The number of hydrogen-bond donors (Lipinski definition) is 2. The van der Waals surface area contributed by atoms with Crippen LogP contribution in [0.3, 0.4) is 0 Å². The summed E-state index contributed by atoms with van der Waals surface area (Å²) in [5, 5.41) is 0. The van der Waals surface area contributed by atoms with Crippen LogP contribution in [0.25, 0.3) is 0 Å². The predicted molar refractivity (Wildman–Crippen MR) is 108 cm³/mol. The van der Waals surface area contributed by atoms with Crippen LogP contribution in [0.2, 0.25) is 0 Å². The standard InChI is InChI=1S/C20H23BrN2O5/c1-3-26-16-7-9-17(10-8-16)27-12-11-19(24)22-23-20(25)14(2)28-18-6-4-5-15(21)13-18/h4-10,13-14H,3,11-12H2,1-2H3,(H,22,24)(H,23,25).